The van der Waals surface area contributed by atoms with E-state index in [0.29, 0.717) is 16.8 Å². The summed E-state index contributed by atoms with van der Waals surface area (Å²) in [7, 11) is 0. The minimum absolute atomic E-state index is 0.163. The topological polar surface area (TPSA) is 87.0 Å². The standard InChI is InChI=1S/C19H18FN3O3/c1-11(2)12-6-7-16-15(8-12)18(19(25)21-16)23-22-17(24)10-26-14-5-3-4-13(20)9-14/h3-9,11,21,25H,10H2,1-2H3. The highest BCUT2D eigenvalue weighted by atomic mass is 19.1. The van der Waals surface area contributed by atoms with Crippen LogP contribution in [0.1, 0.15) is 25.3 Å². The van der Waals surface area contributed by atoms with E-state index in [2.05, 4.69) is 29.1 Å². The third-order valence-electron chi connectivity index (χ3n) is 3.86. The highest BCUT2D eigenvalue weighted by Gasteiger charge is 2.13. The van der Waals surface area contributed by atoms with Gasteiger partial charge >= 0.3 is 5.91 Å². The number of fused-ring (bicyclic) bond motifs is 1. The number of rotatable bonds is 5. The lowest BCUT2D eigenvalue weighted by atomic mass is 10.0. The summed E-state index contributed by atoms with van der Waals surface area (Å²) in [5.74, 6) is -0.736. The van der Waals surface area contributed by atoms with Crippen LogP contribution in [-0.2, 0) is 4.79 Å². The van der Waals surface area contributed by atoms with Crippen LogP contribution in [0.15, 0.2) is 52.7 Å². The van der Waals surface area contributed by atoms with Crippen LogP contribution in [0.5, 0.6) is 11.6 Å². The van der Waals surface area contributed by atoms with E-state index in [1.165, 1.54) is 24.3 Å². The molecule has 0 aliphatic heterocycles. The molecule has 2 aromatic carbocycles. The van der Waals surface area contributed by atoms with E-state index in [9.17, 15) is 14.3 Å². The monoisotopic (exact) mass is 355 g/mol. The number of benzene rings is 2. The average Bonchev–Trinajstić information content (AvgIpc) is 2.92. The second-order valence-electron chi connectivity index (χ2n) is 6.12. The lowest BCUT2D eigenvalue weighted by molar-refractivity contribution is -0.120. The van der Waals surface area contributed by atoms with Gasteiger partial charge in [-0.2, -0.15) is 0 Å². The van der Waals surface area contributed by atoms with Gasteiger partial charge in [-0.3, -0.25) is 4.79 Å². The maximum Gasteiger partial charge on any atom is 0.302 e. The van der Waals surface area contributed by atoms with Gasteiger partial charge < -0.3 is 14.8 Å². The number of hydrogen-bond acceptors (Lipinski definition) is 4. The number of hydrogen-bond donors (Lipinski definition) is 2. The van der Waals surface area contributed by atoms with E-state index in [1.54, 1.807) is 0 Å². The fourth-order valence-electron chi connectivity index (χ4n) is 2.48. The van der Waals surface area contributed by atoms with Crippen LogP contribution in [-0.4, -0.2) is 22.6 Å². The number of carbonyl (C=O) groups excluding carboxylic acids is 1. The number of aromatic hydroxyl groups is 1. The molecule has 0 unspecified atom stereocenters. The van der Waals surface area contributed by atoms with Crippen molar-refractivity contribution in [3.63, 3.8) is 0 Å². The normalized spacial score (nSPS) is 11.5. The van der Waals surface area contributed by atoms with E-state index in [-0.39, 0.29) is 23.9 Å². The summed E-state index contributed by atoms with van der Waals surface area (Å²) in [5, 5.41) is 18.1. The first-order chi connectivity index (χ1) is 12.4. The Morgan fingerprint density at radius 2 is 2.08 bits per heavy atom. The lowest BCUT2D eigenvalue weighted by Gasteiger charge is -2.04. The first-order valence-corrected chi connectivity index (χ1v) is 8.11. The molecule has 3 rings (SSSR count). The number of H-pyrrole nitrogens is 1. The molecule has 3 aromatic rings. The molecule has 2 N–H and O–H groups in total. The van der Waals surface area contributed by atoms with Gasteiger partial charge in [-0.25, -0.2) is 4.39 Å². The Hall–Kier alpha value is -3.22. The van der Waals surface area contributed by atoms with Gasteiger partial charge in [0.2, 0.25) is 5.88 Å². The summed E-state index contributed by atoms with van der Waals surface area (Å²) < 4.78 is 18.2. The first kappa shape index (κ1) is 17.6. The molecule has 0 fully saturated rings. The minimum Gasteiger partial charge on any atom is -0.493 e. The van der Waals surface area contributed by atoms with Gasteiger partial charge in [-0.1, -0.05) is 26.0 Å². The van der Waals surface area contributed by atoms with Crippen LogP contribution < -0.4 is 4.74 Å². The second kappa shape index (κ2) is 7.35. The maximum atomic E-state index is 13.1. The molecule has 0 spiro atoms. The van der Waals surface area contributed by atoms with Crippen molar-refractivity contribution in [3.8, 4) is 11.6 Å². The molecule has 0 radical (unpaired) electrons. The smallest absolute Gasteiger partial charge is 0.302 e. The predicted molar refractivity (Wildman–Crippen MR) is 95.5 cm³/mol. The molecule has 0 atom stereocenters. The Morgan fingerprint density at radius 1 is 1.27 bits per heavy atom. The van der Waals surface area contributed by atoms with Crippen LogP contribution in [0.4, 0.5) is 10.1 Å². The van der Waals surface area contributed by atoms with Gasteiger partial charge in [0.1, 0.15) is 11.6 Å². The summed E-state index contributed by atoms with van der Waals surface area (Å²) >= 11 is 0. The summed E-state index contributed by atoms with van der Waals surface area (Å²) in [4.78, 5) is 14.6. The van der Waals surface area contributed by atoms with Gasteiger partial charge in [0.05, 0.1) is 5.52 Å². The Bertz CT molecular complexity index is 979. The second-order valence-corrected chi connectivity index (χ2v) is 6.12. The SMILES string of the molecule is CC(C)c1ccc2[nH]c(O)c(N=NC(=O)COc3cccc(F)c3)c2c1. The maximum absolute atomic E-state index is 13.1. The number of carbonyl (C=O) groups is 1. The number of nitrogens with one attached hydrogen (secondary N) is 1. The van der Waals surface area contributed by atoms with E-state index >= 15 is 0 Å². The fourth-order valence-corrected chi connectivity index (χ4v) is 2.48. The molecular weight excluding hydrogens is 337 g/mol. The van der Waals surface area contributed by atoms with Crippen molar-refractivity contribution >= 4 is 22.5 Å². The molecule has 1 amide bonds. The van der Waals surface area contributed by atoms with Gasteiger partial charge in [0.25, 0.3) is 0 Å². The molecule has 6 nitrogen and oxygen atoms in total. The molecule has 0 aliphatic carbocycles. The van der Waals surface area contributed by atoms with Crippen molar-refractivity contribution in [2.24, 2.45) is 10.2 Å². The molecule has 1 aromatic heterocycles. The number of azo groups is 1. The molecule has 0 saturated heterocycles. The van der Waals surface area contributed by atoms with E-state index in [4.69, 9.17) is 4.74 Å². The number of amides is 1. The van der Waals surface area contributed by atoms with Crippen molar-refractivity contribution in [2.75, 3.05) is 6.61 Å². The van der Waals surface area contributed by atoms with Crippen LogP contribution in [0, 0.1) is 5.82 Å². The van der Waals surface area contributed by atoms with Crippen molar-refractivity contribution in [1.82, 2.24) is 4.98 Å². The van der Waals surface area contributed by atoms with E-state index < -0.39 is 11.7 Å². The third kappa shape index (κ3) is 3.88. The molecular formula is C19H18FN3O3. The average molecular weight is 355 g/mol. The highest BCUT2D eigenvalue weighted by Crippen LogP contribution is 2.36. The summed E-state index contributed by atoms with van der Waals surface area (Å²) in [6.07, 6.45) is 0. The fraction of sp³-hybridized carbons (Fsp3) is 0.211. The van der Waals surface area contributed by atoms with Crippen molar-refractivity contribution in [1.29, 1.82) is 0 Å². The van der Waals surface area contributed by atoms with E-state index in [0.717, 1.165) is 5.56 Å². The molecule has 0 aliphatic rings. The zero-order chi connectivity index (χ0) is 18.7. The number of aromatic nitrogens is 1. The zero-order valence-corrected chi connectivity index (χ0v) is 14.4. The van der Waals surface area contributed by atoms with Crippen molar-refractivity contribution in [3.05, 3.63) is 53.8 Å². The van der Waals surface area contributed by atoms with Crippen molar-refractivity contribution in [2.45, 2.75) is 19.8 Å². The Labute approximate surface area is 149 Å². The lowest BCUT2D eigenvalue weighted by Crippen LogP contribution is -2.07. The number of aromatic amines is 1. The quantitative estimate of drug-likeness (QED) is 0.643. The minimum atomic E-state index is -0.650. The van der Waals surface area contributed by atoms with E-state index in [1.807, 2.05) is 18.2 Å². The third-order valence-corrected chi connectivity index (χ3v) is 3.86. The van der Waals surface area contributed by atoms with Crippen LogP contribution in [0.25, 0.3) is 10.9 Å². The van der Waals surface area contributed by atoms with Crippen molar-refractivity contribution < 1.29 is 19.0 Å². The summed E-state index contributed by atoms with van der Waals surface area (Å²) in [6.45, 7) is 3.73. The largest absolute Gasteiger partial charge is 0.493 e. The van der Waals surface area contributed by atoms with Gasteiger partial charge in [0, 0.05) is 11.5 Å². The Balaban J connectivity index is 1.75. The molecule has 1 heterocycles. The number of halogens is 1. The van der Waals surface area contributed by atoms with Crippen LogP contribution >= 0.6 is 0 Å². The Kier molecular flexibility index (Phi) is 4.97. The summed E-state index contributed by atoms with van der Waals surface area (Å²) in [5.41, 5.74) is 1.97. The molecule has 7 heteroatoms. The zero-order valence-electron chi connectivity index (χ0n) is 14.4. The van der Waals surface area contributed by atoms with Gasteiger partial charge in [0.15, 0.2) is 12.3 Å². The van der Waals surface area contributed by atoms with Gasteiger partial charge in [-0.05, 0) is 35.7 Å². The van der Waals surface area contributed by atoms with Crippen LogP contribution in [0.3, 0.4) is 0 Å². The summed E-state index contributed by atoms with van der Waals surface area (Å²) in [6, 6.07) is 11.2. The van der Waals surface area contributed by atoms with Gasteiger partial charge in [-0.15, -0.1) is 10.2 Å². The molecule has 134 valence electrons. The highest BCUT2D eigenvalue weighted by molar-refractivity contribution is 5.95. The predicted octanol–water partition coefficient (Wildman–Crippen LogP) is 4.83. The molecule has 0 saturated carbocycles. The number of ether oxygens (including phenoxy) is 1. The molecule has 26 heavy (non-hydrogen) atoms. The molecule has 0 bridgehead atoms. The van der Waals surface area contributed by atoms with Crippen LogP contribution in [0.2, 0.25) is 0 Å². The first-order valence-electron chi connectivity index (χ1n) is 8.11. The number of nitrogens with zero attached hydrogens (tertiary/aromatic N) is 2. The Morgan fingerprint density at radius 3 is 2.81 bits per heavy atom.